The van der Waals surface area contributed by atoms with Crippen LogP contribution in [0.4, 0.5) is 0 Å². The smallest absolute Gasteiger partial charge is 0.224 e. The number of carbonyl (C=O) groups is 1. The molecule has 2 rings (SSSR count). The van der Waals surface area contributed by atoms with Gasteiger partial charge in [-0.2, -0.15) is 0 Å². The van der Waals surface area contributed by atoms with Crippen LogP contribution in [0.15, 0.2) is 42.5 Å². The van der Waals surface area contributed by atoms with E-state index in [1.54, 1.807) is 32.4 Å². The minimum atomic E-state index is -0.0209. The van der Waals surface area contributed by atoms with Gasteiger partial charge in [-0.05, 0) is 12.5 Å². The summed E-state index contributed by atoms with van der Waals surface area (Å²) in [4.78, 5) is 11.9. The third kappa shape index (κ3) is 5.50. The highest BCUT2D eigenvalue weighted by molar-refractivity contribution is 5.78. The van der Waals surface area contributed by atoms with E-state index >= 15 is 0 Å². The maximum absolute atomic E-state index is 11.9. The Balaban J connectivity index is 1.77. The van der Waals surface area contributed by atoms with Gasteiger partial charge < -0.3 is 19.5 Å². The fourth-order valence-corrected chi connectivity index (χ4v) is 2.29. The van der Waals surface area contributed by atoms with E-state index in [9.17, 15) is 4.79 Å². The molecule has 0 aliphatic heterocycles. The molecular formula is C19H23NO4. The summed E-state index contributed by atoms with van der Waals surface area (Å²) < 4.78 is 16.0. The maximum atomic E-state index is 11.9. The van der Waals surface area contributed by atoms with Crippen LogP contribution in [-0.2, 0) is 11.2 Å². The zero-order chi connectivity index (χ0) is 17.4. The first kappa shape index (κ1) is 17.7. The van der Waals surface area contributed by atoms with E-state index in [1.165, 1.54) is 0 Å². The first-order valence-electron chi connectivity index (χ1n) is 7.79. The molecule has 0 aromatic heterocycles. The summed E-state index contributed by atoms with van der Waals surface area (Å²) in [6, 6.07) is 13.3. The molecule has 1 amide bonds. The molecule has 2 aromatic rings. The average molecular weight is 329 g/mol. The van der Waals surface area contributed by atoms with Gasteiger partial charge in [-0.1, -0.05) is 29.8 Å². The number of aryl methyl sites for hydroxylation is 1. The van der Waals surface area contributed by atoms with E-state index in [1.807, 2.05) is 31.2 Å². The molecule has 0 heterocycles. The van der Waals surface area contributed by atoms with Gasteiger partial charge in [-0.3, -0.25) is 4.79 Å². The van der Waals surface area contributed by atoms with Crippen molar-refractivity contribution >= 4 is 5.91 Å². The fraction of sp³-hybridized carbons (Fsp3) is 0.316. The molecule has 0 saturated heterocycles. The molecule has 24 heavy (non-hydrogen) atoms. The highest BCUT2D eigenvalue weighted by Crippen LogP contribution is 2.27. The topological polar surface area (TPSA) is 56.8 Å². The van der Waals surface area contributed by atoms with Gasteiger partial charge in [-0.15, -0.1) is 0 Å². The van der Waals surface area contributed by atoms with Crippen molar-refractivity contribution in [2.75, 3.05) is 27.4 Å². The second-order valence-electron chi connectivity index (χ2n) is 5.41. The molecule has 0 fully saturated rings. The number of hydrogen-bond acceptors (Lipinski definition) is 4. The molecule has 1 N–H and O–H groups in total. The third-order valence-electron chi connectivity index (χ3n) is 3.47. The normalized spacial score (nSPS) is 10.1. The average Bonchev–Trinajstić information content (AvgIpc) is 2.58. The van der Waals surface area contributed by atoms with Crippen LogP contribution in [0.3, 0.4) is 0 Å². The number of methoxy groups -OCH3 is 2. The van der Waals surface area contributed by atoms with E-state index in [2.05, 4.69) is 5.32 Å². The highest BCUT2D eigenvalue weighted by Gasteiger charge is 2.05. The summed E-state index contributed by atoms with van der Waals surface area (Å²) >= 11 is 0. The Bertz CT molecular complexity index is 663. The Kier molecular flexibility index (Phi) is 6.49. The summed E-state index contributed by atoms with van der Waals surface area (Å²) in [5.41, 5.74) is 2.15. The molecular weight excluding hydrogens is 306 g/mol. The summed E-state index contributed by atoms with van der Waals surface area (Å²) in [7, 11) is 3.17. The van der Waals surface area contributed by atoms with Gasteiger partial charge >= 0.3 is 0 Å². The van der Waals surface area contributed by atoms with Crippen LogP contribution >= 0.6 is 0 Å². The lowest BCUT2D eigenvalue weighted by atomic mass is 10.1. The monoisotopic (exact) mass is 329 g/mol. The predicted molar refractivity (Wildman–Crippen MR) is 92.9 cm³/mol. The highest BCUT2D eigenvalue weighted by atomic mass is 16.5. The van der Waals surface area contributed by atoms with Crippen LogP contribution in [0.25, 0.3) is 0 Å². The molecule has 2 aromatic carbocycles. The molecule has 0 aliphatic rings. The van der Waals surface area contributed by atoms with Crippen molar-refractivity contribution in [3.05, 3.63) is 53.6 Å². The summed E-state index contributed by atoms with van der Waals surface area (Å²) in [5.74, 6) is 1.94. The number of hydrogen-bond donors (Lipinski definition) is 1. The van der Waals surface area contributed by atoms with Crippen molar-refractivity contribution in [2.45, 2.75) is 13.3 Å². The van der Waals surface area contributed by atoms with Gasteiger partial charge in [0.25, 0.3) is 0 Å². The number of carbonyl (C=O) groups excluding carboxylic acids is 1. The molecule has 0 radical (unpaired) electrons. The number of amides is 1. The Morgan fingerprint density at radius 3 is 2.29 bits per heavy atom. The molecule has 0 atom stereocenters. The van der Waals surface area contributed by atoms with Crippen molar-refractivity contribution < 1.29 is 19.0 Å². The van der Waals surface area contributed by atoms with Crippen molar-refractivity contribution in [1.82, 2.24) is 5.32 Å². The summed E-state index contributed by atoms with van der Waals surface area (Å²) in [6.45, 7) is 2.82. The van der Waals surface area contributed by atoms with Gasteiger partial charge in [0, 0.05) is 18.2 Å². The standard InChI is InChI=1S/C19H23NO4/c1-14-5-4-6-15(9-14)10-19(21)20-7-8-24-18-12-16(22-2)11-17(13-18)23-3/h4-6,9,11-13H,7-8,10H2,1-3H3,(H,20,21). The van der Waals surface area contributed by atoms with Crippen LogP contribution < -0.4 is 19.5 Å². The zero-order valence-corrected chi connectivity index (χ0v) is 14.3. The zero-order valence-electron chi connectivity index (χ0n) is 14.3. The molecule has 128 valence electrons. The molecule has 0 spiro atoms. The molecule has 0 aliphatic carbocycles. The lowest BCUT2D eigenvalue weighted by molar-refractivity contribution is -0.120. The van der Waals surface area contributed by atoms with Crippen molar-refractivity contribution in [1.29, 1.82) is 0 Å². The SMILES string of the molecule is COc1cc(OC)cc(OCCNC(=O)Cc2cccc(C)c2)c1. The van der Waals surface area contributed by atoms with Gasteiger partial charge in [0.2, 0.25) is 5.91 Å². The van der Waals surface area contributed by atoms with E-state index in [-0.39, 0.29) is 5.91 Å². The van der Waals surface area contributed by atoms with Crippen LogP contribution in [0.5, 0.6) is 17.2 Å². The summed E-state index contributed by atoms with van der Waals surface area (Å²) in [5, 5.41) is 2.85. The van der Waals surface area contributed by atoms with Crippen LogP contribution in [0, 0.1) is 6.92 Å². The Hall–Kier alpha value is -2.69. The molecule has 5 heteroatoms. The lowest BCUT2D eigenvalue weighted by Gasteiger charge is -2.11. The Morgan fingerprint density at radius 2 is 1.67 bits per heavy atom. The maximum Gasteiger partial charge on any atom is 0.224 e. The fourth-order valence-electron chi connectivity index (χ4n) is 2.29. The van der Waals surface area contributed by atoms with E-state index in [0.717, 1.165) is 11.1 Å². The van der Waals surface area contributed by atoms with E-state index in [0.29, 0.717) is 36.8 Å². The molecule has 5 nitrogen and oxygen atoms in total. The van der Waals surface area contributed by atoms with Crippen LogP contribution in [0.1, 0.15) is 11.1 Å². The van der Waals surface area contributed by atoms with Gasteiger partial charge in [-0.25, -0.2) is 0 Å². The second kappa shape index (κ2) is 8.82. The van der Waals surface area contributed by atoms with Gasteiger partial charge in [0.15, 0.2) is 0 Å². The predicted octanol–water partition coefficient (Wildman–Crippen LogP) is 2.75. The number of nitrogens with one attached hydrogen (secondary N) is 1. The quantitative estimate of drug-likeness (QED) is 0.757. The van der Waals surface area contributed by atoms with Crippen molar-refractivity contribution in [2.24, 2.45) is 0 Å². The second-order valence-corrected chi connectivity index (χ2v) is 5.41. The Labute approximate surface area is 142 Å². The molecule has 0 saturated carbocycles. The number of ether oxygens (including phenoxy) is 3. The van der Waals surface area contributed by atoms with Gasteiger partial charge in [0.05, 0.1) is 27.2 Å². The molecule has 0 bridgehead atoms. The summed E-state index contributed by atoms with van der Waals surface area (Å²) in [6.07, 6.45) is 0.370. The lowest BCUT2D eigenvalue weighted by Crippen LogP contribution is -2.29. The minimum Gasteiger partial charge on any atom is -0.496 e. The molecule has 0 unspecified atom stereocenters. The minimum absolute atomic E-state index is 0.0209. The largest absolute Gasteiger partial charge is 0.496 e. The van der Waals surface area contributed by atoms with Crippen LogP contribution in [-0.4, -0.2) is 33.3 Å². The van der Waals surface area contributed by atoms with E-state index < -0.39 is 0 Å². The van der Waals surface area contributed by atoms with Crippen molar-refractivity contribution in [3.63, 3.8) is 0 Å². The third-order valence-corrected chi connectivity index (χ3v) is 3.47. The first-order chi connectivity index (χ1) is 11.6. The van der Waals surface area contributed by atoms with Gasteiger partial charge in [0.1, 0.15) is 23.9 Å². The Morgan fingerprint density at radius 1 is 1.00 bits per heavy atom. The first-order valence-corrected chi connectivity index (χ1v) is 7.79. The van der Waals surface area contributed by atoms with E-state index in [4.69, 9.17) is 14.2 Å². The van der Waals surface area contributed by atoms with Crippen LogP contribution in [0.2, 0.25) is 0 Å². The van der Waals surface area contributed by atoms with Crippen molar-refractivity contribution in [3.8, 4) is 17.2 Å². The number of benzene rings is 2. The number of rotatable bonds is 8.